The number of benzene rings is 1. The molecule has 0 heterocycles. The van der Waals surface area contributed by atoms with E-state index >= 15 is 0 Å². The van der Waals surface area contributed by atoms with Crippen molar-refractivity contribution in [2.45, 2.75) is 38.6 Å². The van der Waals surface area contributed by atoms with E-state index in [9.17, 15) is 4.79 Å². The molecule has 0 saturated carbocycles. The Hall–Kier alpha value is -0.580. The molecule has 1 aromatic rings. The molecule has 5 heteroatoms. The van der Waals surface area contributed by atoms with Crippen LogP contribution in [-0.4, -0.2) is 23.2 Å². The second kappa shape index (κ2) is 7.27. The Morgan fingerprint density at radius 2 is 2.21 bits per heavy atom. The Bertz CT molecular complexity index is 453. The zero-order valence-electron chi connectivity index (χ0n) is 11.2. The van der Waals surface area contributed by atoms with Crippen molar-refractivity contribution in [1.29, 1.82) is 0 Å². The van der Waals surface area contributed by atoms with Crippen LogP contribution in [0.2, 0.25) is 5.02 Å². The van der Waals surface area contributed by atoms with Crippen molar-refractivity contribution in [2.24, 2.45) is 0 Å². The van der Waals surface area contributed by atoms with Crippen molar-refractivity contribution in [3.8, 4) is 0 Å². The molecule has 1 amide bonds. The van der Waals surface area contributed by atoms with Gasteiger partial charge in [-0.15, -0.1) is 0 Å². The zero-order valence-corrected chi connectivity index (χ0v) is 13.5. The number of halogens is 2. The highest BCUT2D eigenvalue weighted by molar-refractivity contribution is 9.10. The van der Waals surface area contributed by atoms with Crippen LogP contribution in [0.25, 0.3) is 0 Å². The molecule has 1 rings (SSSR count). The van der Waals surface area contributed by atoms with E-state index in [1.807, 2.05) is 19.9 Å². The Kier molecular flexibility index (Phi) is 6.30. The standard InChI is InChI=1S/C14H19BrClNO2/c1-3-14(2,6-7-18)17-13(19)9-10-8-11(16)4-5-12(10)15/h4-5,8,18H,3,6-7,9H2,1-2H3,(H,17,19). The highest BCUT2D eigenvalue weighted by Crippen LogP contribution is 2.22. The van der Waals surface area contributed by atoms with Crippen molar-refractivity contribution in [1.82, 2.24) is 5.32 Å². The SMILES string of the molecule is CCC(C)(CCO)NC(=O)Cc1cc(Cl)ccc1Br. The lowest BCUT2D eigenvalue weighted by molar-refractivity contribution is -0.122. The normalized spacial score (nSPS) is 13.9. The molecule has 1 unspecified atom stereocenters. The van der Waals surface area contributed by atoms with Gasteiger partial charge in [0.05, 0.1) is 6.42 Å². The van der Waals surface area contributed by atoms with Gasteiger partial charge < -0.3 is 10.4 Å². The van der Waals surface area contributed by atoms with Crippen molar-refractivity contribution in [3.05, 3.63) is 33.3 Å². The van der Waals surface area contributed by atoms with Crippen LogP contribution >= 0.6 is 27.5 Å². The van der Waals surface area contributed by atoms with Gasteiger partial charge in [-0.25, -0.2) is 0 Å². The second-order valence-electron chi connectivity index (χ2n) is 4.85. The number of hydrogen-bond donors (Lipinski definition) is 2. The van der Waals surface area contributed by atoms with Crippen molar-refractivity contribution < 1.29 is 9.90 Å². The number of rotatable bonds is 6. The van der Waals surface area contributed by atoms with Crippen LogP contribution in [-0.2, 0) is 11.2 Å². The third-order valence-electron chi connectivity index (χ3n) is 3.24. The summed E-state index contributed by atoms with van der Waals surface area (Å²) in [5.41, 5.74) is 0.490. The molecule has 3 nitrogen and oxygen atoms in total. The predicted octanol–water partition coefficient (Wildman–Crippen LogP) is 3.31. The van der Waals surface area contributed by atoms with Gasteiger partial charge in [0.25, 0.3) is 0 Å². The first-order valence-electron chi connectivity index (χ1n) is 6.26. The van der Waals surface area contributed by atoms with Crippen LogP contribution < -0.4 is 5.32 Å². The maximum atomic E-state index is 12.1. The number of aliphatic hydroxyl groups is 1. The lowest BCUT2D eigenvalue weighted by atomic mass is 9.94. The maximum Gasteiger partial charge on any atom is 0.224 e. The quantitative estimate of drug-likeness (QED) is 0.828. The second-order valence-corrected chi connectivity index (χ2v) is 6.14. The van der Waals surface area contributed by atoms with Gasteiger partial charge in [0, 0.05) is 21.6 Å². The highest BCUT2D eigenvalue weighted by atomic mass is 79.9. The summed E-state index contributed by atoms with van der Waals surface area (Å²) in [5.74, 6) is -0.0687. The first-order valence-corrected chi connectivity index (χ1v) is 7.43. The molecule has 0 radical (unpaired) electrons. The van der Waals surface area contributed by atoms with E-state index in [1.54, 1.807) is 12.1 Å². The van der Waals surface area contributed by atoms with Crippen molar-refractivity contribution in [3.63, 3.8) is 0 Å². The molecule has 106 valence electrons. The average Bonchev–Trinajstić information content (AvgIpc) is 2.34. The number of carbonyl (C=O) groups is 1. The molecule has 0 spiro atoms. The van der Waals surface area contributed by atoms with E-state index in [0.717, 1.165) is 16.5 Å². The Morgan fingerprint density at radius 1 is 1.53 bits per heavy atom. The summed E-state index contributed by atoms with van der Waals surface area (Å²) >= 11 is 9.33. The minimum absolute atomic E-state index is 0.0610. The van der Waals surface area contributed by atoms with Crippen LogP contribution in [0, 0.1) is 0 Å². The summed E-state index contributed by atoms with van der Waals surface area (Å²) in [7, 11) is 0. The maximum absolute atomic E-state index is 12.1. The van der Waals surface area contributed by atoms with E-state index in [4.69, 9.17) is 16.7 Å². The highest BCUT2D eigenvalue weighted by Gasteiger charge is 2.23. The number of carbonyl (C=O) groups excluding carboxylic acids is 1. The van der Waals surface area contributed by atoms with Gasteiger partial charge in [-0.05, 0) is 43.5 Å². The van der Waals surface area contributed by atoms with Gasteiger partial charge in [0.2, 0.25) is 5.91 Å². The van der Waals surface area contributed by atoms with Gasteiger partial charge in [-0.3, -0.25) is 4.79 Å². The smallest absolute Gasteiger partial charge is 0.224 e. The number of nitrogens with one attached hydrogen (secondary N) is 1. The van der Waals surface area contributed by atoms with E-state index < -0.39 is 0 Å². The Balaban J connectivity index is 2.72. The summed E-state index contributed by atoms with van der Waals surface area (Å²) < 4.78 is 0.868. The molecule has 0 aliphatic rings. The van der Waals surface area contributed by atoms with E-state index in [1.165, 1.54) is 0 Å². The molecular weight excluding hydrogens is 330 g/mol. The number of hydrogen-bond acceptors (Lipinski definition) is 2. The van der Waals surface area contributed by atoms with E-state index in [2.05, 4.69) is 21.2 Å². The Morgan fingerprint density at radius 3 is 2.79 bits per heavy atom. The molecule has 2 N–H and O–H groups in total. The monoisotopic (exact) mass is 347 g/mol. The minimum Gasteiger partial charge on any atom is -0.396 e. The number of amides is 1. The minimum atomic E-state index is -0.364. The first-order chi connectivity index (χ1) is 8.90. The first kappa shape index (κ1) is 16.5. The molecule has 19 heavy (non-hydrogen) atoms. The van der Waals surface area contributed by atoms with Crippen LogP contribution in [0.3, 0.4) is 0 Å². The fraction of sp³-hybridized carbons (Fsp3) is 0.500. The fourth-order valence-electron chi connectivity index (χ4n) is 1.81. The molecule has 0 saturated heterocycles. The van der Waals surface area contributed by atoms with Crippen LogP contribution in [0.15, 0.2) is 22.7 Å². The van der Waals surface area contributed by atoms with Crippen LogP contribution in [0.4, 0.5) is 0 Å². The average molecular weight is 349 g/mol. The van der Waals surface area contributed by atoms with Crippen LogP contribution in [0.1, 0.15) is 32.3 Å². The molecule has 0 aliphatic carbocycles. The molecule has 1 aromatic carbocycles. The Labute approximate surface area is 127 Å². The molecule has 0 aliphatic heterocycles. The predicted molar refractivity (Wildman–Crippen MR) is 81.4 cm³/mol. The van der Waals surface area contributed by atoms with Crippen molar-refractivity contribution >= 4 is 33.4 Å². The summed E-state index contributed by atoms with van der Waals surface area (Å²) in [6, 6.07) is 5.38. The van der Waals surface area contributed by atoms with Crippen LogP contribution in [0.5, 0.6) is 0 Å². The summed E-state index contributed by atoms with van der Waals surface area (Å²) in [6.07, 6.45) is 1.59. The zero-order chi connectivity index (χ0) is 14.5. The van der Waals surface area contributed by atoms with Gasteiger partial charge in [-0.2, -0.15) is 0 Å². The summed E-state index contributed by atoms with van der Waals surface area (Å²) in [6.45, 7) is 3.99. The third-order valence-corrected chi connectivity index (χ3v) is 4.25. The van der Waals surface area contributed by atoms with Gasteiger partial charge in [0.1, 0.15) is 0 Å². The molecular formula is C14H19BrClNO2. The van der Waals surface area contributed by atoms with Gasteiger partial charge in [-0.1, -0.05) is 34.5 Å². The molecule has 0 fully saturated rings. The topological polar surface area (TPSA) is 49.3 Å². The lowest BCUT2D eigenvalue weighted by Gasteiger charge is -2.29. The van der Waals surface area contributed by atoms with Gasteiger partial charge >= 0.3 is 0 Å². The fourth-order valence-corrected chi connectivity index (χ4v) is 2.39. The van der Waals surface area contributed by atoms with E-state index in [0.29, 0.717) is 11.4 Å². The molecule has 0 bridgehead atoms. The van der Waals surface area contributed by atoms with E-state index in [-0.39, 0.29) is 24.5 Å². The van der Waals surface area contributed by atoms with Gasteiger partial charge in [0.15, 0.2) is 0 Å². The lowest BCUT2D eigenvalue weighted by Crippen LogP contribution is -2.46. The summed E-state index contributed by atoms with van der Waals surface area (Å²) in [5, 5.41) is 12.6. The molecule has 1 atom stereocenters. The summed E-state index contributed by atoms with van der Waals surface area (Å²) in [4.78, 5) is 12.1. The molecule has 0 aromatic heterocycles. The van der Waals surface area contributed by atoms with Crippen molar-refractivity contribution in [2.75, 3.05) is 6.61 Å². The number of aliphatic hydroxyl groups excluding tert-OH is 1. The third kappa shape index (κ3) is 5.13. The largest absolute Gasteiger partial charge is 0.396 e.